The molecule has 118 valence electrons. The number of hydrogen-bond donors (Lipinski definition) is 1. The van der Waals surface area contributed by atoms with Crippen molar-refractivity contribution >= 4 is 17.8 Å². The maximum atomic E-state index is 12.5. The first-order valence-corrected chi connectivity index (χ1v) is 7.68. The standard InChI is InChI=1S/C15H24N2O4/c1-4-21-14(20)15(11-5-6-11,16-10(2)3)9-17-12(18)7-8-13(17)19/h10-11,16H,4-9H2,1-3H3. The predicted octanol–water partition coefficient (Wildman–Crippen LogP) is 0.845. The number of carbonyl (C=O) groups is 3. The number of imide groups is 1. The third-order valence-corrected chi connectivity index (χ3v) is 4.02. The van der Waals surface area contributed by atoms with Gasteiger partial charge in [0.05, 0.1) is 13.2 Å². The van der Waals surface area contributed by atoms with E-state index in [1.807, 2.05) is 13.8 Å². The van der Waals surface area contributed by atoms with Gasteiger partial charge in [-0.3, -0.25) is 19.8 Å². The Bertz CT molecular complexity index is 429. The Balaban J connectivity index is 2.27. The van der Waals surface area contributed by atoms with E-state index in [9.17, 15) is 14.4 Å². The molecule has 0 aromatic heterocycles. The van der Waals surface area contributed by atoms with Crippen molar-refractivity contribution in [1.29, 1.82) is 0 Å². The number of ether oxygens (including phenoxy) is 1. The summed E-state index contributed by atoms with van der Waals surface area (Å²) in [5.41, 5.74) is -0.958. The van der Waals surface area contributed by atoms with Gasteiger partial charge in [-0.05, 0) is 39.5 Å². The molecule has 0 radical (unpaired) electrons. The van der Waals surface area contributed by atoms with Gasteiger partial charge in [0.25, 0.3) is 0 Å². The molecule has 1 atom stereocenters. The van der Waals surface area contributed by atoms with Crippen molar-refractivity contribution in [3.05, 3.63) is 0 Å². The van der Waals surface area contributed by atoms with Crippen molar-refractivity contribution in [2.24, 2.45) is 5.92 Å². The molecule has 2 rings (SSSR count). The molecule has 0 spiro atoms. The van der Waals surface area contributed by atoms with Crippen LogP contribution in [0.3, 0.4) is 0 Å². The second-order valence-corrected chi connectivity index (χ2v) is 6.14. The summed E-state index contributed by atoms with van der Waals surface area (Å²) < 4.78 is 5.24. The first-order chi connectivity index (χ1) is 9.90. The zero-order valence-corrected chi connectivity index (χ0v) is 13.0. The second kappa shape index (κ2) is 6.13. The molecule has 1 unspecified atom stereocenters. The van der Waals surface area contributed by atoms with E-state index in [-0.39, 0.29) is 55.7 Å². The van der Waals surface area contributed by atoms with Crippen molar-refractivity contribution in [3.8, 4) is 0 Å². The lowest BCUT2D eigenvalue weighted by molar-refractivity contribution is -0.155. The van der Waals surface area contributed by atoms with E-state index in [0.717, 1.165) is 12.8 Å². The van der Waals surface area contributed by atoms with E-state index < -0.39 is 5.54 Å². The summed E-state index contributed by atoms with van der Waals surface area (Å²) in [6, 6.07) is 0.0582. The van der Waals surface area contributed by atoms with Crippen LogP contribution >= 0.6 is 0 Å². The molecule has 1 heterocycles. The molecule has 2 aliphatic rings. The summed E-state index contributed by atoms with van der Waals surface area (Å²) in [5.74, 6) is -0.617. The molecule has 0 bridgehead atoms. The fraction of sp³-hybridized carbons (Fsp3) is 0.800. The quantitative estimate of drug-likeness (QED) is 0.557. The average Bonchev–Trinajstić information content (AvgIpc) is 3.20. The molecule has 1 saturated carbocycles. The highest BCUT2D eigenvalue weighted by molar-refractivity contribution is 6.02. The second-order valence-electron chi connectivity index (χ2n) is 6.14. The van der Waals surface area contributed by atoms with E-state index in [2.05, 4.69) is 5.32 Å². The van der Waals surface area contributed by atoms with Gasteiger partial charge in [0.15, 0.2) is 0 Å². The third kappa shape index (κ3) is 3.26. The lowest BCUT2D eigenvalue weighted by atomic mass is 9.91. The Hall–Kier alpha value is -1.43. The topological polar surface area (TPSA) is 75.7 Å². The van der Waals surface area contributed by atoms with Crippen LogP contribution in [0.15, 0.2) is 0 Å². The molecule has 2 amide bonds. The Morgan fingerprint density at radius 2 is 1.90 bits per heavy atom. The zero-order chi connectivity index (χ0) is 15.6. The molecular formula is C15H24N2O4. The highest BCUT2D eigenvalue weighted by Crippen LogP contribution is 2.42. The van der Waals surface area contributed by atoms with Gasteiger partial charge in [0.2, 0.25) is 11.8 Å². The lowest BCUT2D eigenvalue weighted by Gasteiger charge is -2.37. The van der Waals surface area contributed by atoms with E-state index in [1.165, 1.54) is 4.90 Å². The largest absolute Gasteiger partial charge is 0.465 e. The van der Waals surface area contributed by atoms with Gasteiger partial charge in [0, 0.05) is 18.9 Å². The van der Waals surface area contributed by atoms with Gasteiger partial charge < -0.3 is 4.74 Å². The van der Waals surface area contributed by atoms with Crippen molar-refractivity contribution in [2.75, 3.05) is 13.2 Å². The van der Waals surface area contributed by atoms with Gasteiger partial charge in [-0.2, -0.15) is 0 Å². The zero-order valence-electron chi connectivity index (χ0n) is 13.0. The first-order valence-electron chi connectivity index (χ1n) is 7.68. The van der Waals surface area contributed by atoms with Gasteiger partial charge >= 0.3 is 5.97 Å². The molecule has 0 aromatic carbocycles. The Kier molecular flexibility index (Phi) is 4.66. The van der Waals surface area contributed by atoms with Crippen molar-refractivity contribution in [1.82, 2.24) is 10.2 Å². The number of likely N-dealkylation sites (tertiary alicyclic amines) is 1. The van der Waals surface area contributed by atoms with Gasteiger partial charge in [0.1, 0.15) is 5.54 Å². The molecule has 1 saturated heterocycles. The van der Waals surface area contributed by atoms with Crippen molar-refractivity contribution in [2.45, 2.75) is 58.0 Å². The van der Waals surface area contributed by atoms with Crippen LogP contribution in [0.25, 0.3) is 0 Å². The molecule has 21 heavy (non-hydrogen) atoms. The lowest BCUT2D eigenvalue weighted by Crippen LogP contribution is -2.63. The van der Waals surface area contributed by atoms with E-state index in [0.29, 0.717) is 0 Å². The fourth-order valence-corrected chi connectivity index (χ4v) is 2.98. The molecule has 1 aliphatic carbocycles. The maximum Gasteiger partial charge on any atom is 0.328 e. The highest BCUT2D eigenvalue weighted by Gasteiger charge is 2.54. The van der Waals surface area contributed by atoms with E-state index >= 15 is 0 Å². The van der Waals surface area contributed by atoms with Crippen molar-refractivity contribution in [3.63, 3.8) is 0 Å². The van der Waals surface area contributed by atoms with Crippen LogP contribution < -0.4 is 5.32 Å². The van der Waals surface area contributed by atoms with E-state index in [1.54, 1.807) is 6.92 Å². The minimum Gasteiger partial charge on any atom is -0.465 e. The fourth-order valence-electron chi connectivity index (χ4n) is 2.98. The summed E-state index contributed by atoms with van der Waals surface area (Å²) in [7, 11) is 0. The van der Waals surface area contributed by atoms with Crippen LogP contribution in [0.4, 0.5) is 0 Å². The van der Waals surface area contributed by atoms with Crippen LogP contribution in [0.1, 0.15) is 46.5 Å². The predicted molar refractivity (Wildman–Crippen MR) is 76.3 cm³/mol. The summed E-state index contributed by atoms with van der Waals surface area (Å²) in [6.07, 6.45) is 2.30. The van der Waals surface area contributed by atoms with Crippen molar-refractivity contribution < 1.29 is 19.1 Å². The summed E-state index contributed by atoms with van der Waals surface area (Å²) in [5, 5.41) is 3.29. The van der Waals surface area contributed by atoms with Crippen LogP contribution in [0.2, 0.25) is 0 Å². The summed E-state index contributed by atoms with van der Waals surface area (Å²) >= 11 is 0. The SMILES string of the molecule is CCOC(=O)C(CN1C(=O)CCC1=O)(NC(C)C)C1CC1. The monoisotopic (exact) mass is 296 g/mol. The van der Waals surface area contributed by atoms with Crippen LogP contribution in [0, 0.1) is 5.92 Å². The minimum absolute atomic E-state index is 0.0582. The van der Waals surface area contributed by atoms with Gasteiger partial charge in [-0.1, -0.05) is 0 Å². The molecule has 1 N–H and O–H groups in total. The average molecular weight is 296 g/mol. The number of esters is 1. The first kappa shape index (κ1) is 15.9. The normalized spacial score (nSPS) is 21.8. The number of carbonyl (C=O) groups excluding carboxylic acids is 3. The Morgan fingerprint density at radius 3 is 2.33 bits per heavy atom. The third-order valence-electron chi connectivity index (χ3n) is 4.02. The maximum absolute atomic E-state index is 12.5. The Labute approximate surface area is 125 Å². The molecule has 0 aromatic rings. The van der Waals surface area contributed by atoms with Gasteiger partial charge in [-0.15, -0.1) is 0 Å². The van der Waals surface area contributed by atoms with Gasteiger partial charge in [-0.25, -0.2) is 4.79 Å². The van der Waals surface area contributed by atoms with Crippen LogP contribution in [-0.4, -0.2) is 47.4 Å². The number of hydrogen-bond acceptors (Lipinski definition) is 5. The number of amides is 2. The Morgan fingerprint density at radius 1 is 1.33 bits per heavy atom. The molecule has 6 heteroatoms. The number of nitrogens with one attached hydrogen (secondary N) is 1. The minimum atomic E-state index is -0.958. The molecular weight excluding hydrogens is 272 g/mol. The van der Waals surface area contributed by atoms with Crippen LogP contribution in [0.5, 0.6) is 0 Å². The highest BCUT2D eigenvalue weighted by atomic mass is 16.5. The molecule has 1 aliphatic heterocycles. The smallest absolute Gasteiger partial charge is 0.328 e. The summed E-state index contributed by atoms with van der Waals surface area (Å²) in [4.78, 5) is 37.6. The number of rotatable bonds is 7. The van der Waals surface area contributed by atoms with E-state index in [4.69, 9.17) is 4.74 Å². The number of nitrogens with zero attached hydrogens (tertiary/aromatic N) is 1. The molecule has 6 nitrogen and oxygen atoms in total. The molecule has 2 fully saturated rings. The van der Waals surface area contributed by atoms with Crippen LogP contribution in [-0.2, 0) is 19.1 Å². The summed E-state index contributed by atoms with van der Waals surface area (Å²) in [6.45, 7) is 6.03.